The lowest BCUT2D eigenvalue weighted by Crippen LogP contribution is -2.38. The molecule has 0 saturated heterocycles. The SMILES string of the molecule is CCc1cccc2ccn(CC(=O)NC3CCCCC3)c12. The lowest BCUT2D eigenvalue weighted by molar-refractivity contribution is -0.122. The van der Waals surface area contributed by atoms with Crippen LogP contribution in [-0.2, 0) is 17.8 Å². The Kier molecular flexibility index (Phi) is 4.28. The topological polar surface area (TPSA) is 34.0 Å². The molecular formula is C18H24N2O. The molecule has 112 valence electrons. The Morgan fingerprint density at radius 2 is 2.05 bits per heavy atom. The van der Waals surface area contributed by atoms with Gasteiger partial charge in [0.1, 0.15) is 6.54 Å². The van der Waals surface area contributed by atoms with Crippen LogP contribution in [0.3, 0.4) is 0 Å². The van der Waals surface area contributed by atoms with Gasteiger partial charge in [-0.15, -0.1) is 0 Å². The van der Waals surface area contributed by atoms with Crippen molar-refractivity contribution in [3.8, 4) is 0 Å². The van der Waals surface area contributed by atoms with Gasteiger partial charge in [-0.2, -0.15) is 0 Å². The van der Waals surface area contributed by atoms with Crippen molar-refractivity contribution in [2.24, 2.45) is 0 Å². The maximum absolute atomic E-state index is 12.3. The first-order valence-electron chi connectivity index (χ1n) is 8.14. The molecule has 3 rings (SSSR count). The first kappa shape index (κ1) is 14.2. The number of rotatable bonds is 4. The van der Waals surface area contributed by atoms with E-state index >= 15 is 0 Å². The smallest absolute Gasteiger partial charge is 0.240 e. The van der Waals surface area contributed by atoms with E-state index in [2.05, 4.69) is 41.1 Å². The summed E-state index contributed by atoms with van der Waals surface area (Å²) >= 11 is 0. The van der Waals surface area contributed by atoms with Crippen LogP contribution in [0.1, 0.15) is 44.6 Å². The molecular weight excluding hydrogens is 260 g/mol. The number of amides is 1. The number of nitrogens with one attached hydrogen (secondary N) is 1. The number of carbonyl (C=O) groups is 1. The lowest BCUT2D eigenvalue weighted by atomic mass is 9.95. The molecule has 1 aromatic heterocycles. The van der Waals surface area contributed by atoms with Crippen LogP contribution in [0.4, 0.5) is 0 Å². The summed E-state index contributed by atoms with van der Waals surface area (Å²) in [7, 11) is 0. The lowest BCUT2D eigenvalue weighted by Gasteiger charge is -2.23. The quantitative estimate of drug-likeness (QED) is 0.913. The molecule has 1 heterocycles. The molecule has 0 aliphatic heterocycles. The van der Waals surface area contributed by atoms with E-state index in [4.69, 9.17) is 0 Å². The van der Waals surface area contributed by atoms with Crippen LogP contribution >= 0.6 is 0 Å². The number of fused-ring (bicyclic) bond motifs is 1. The fourth-order valence-electron chi connectivity index (χ4n) is 3.43. The van der Waals surface area contributed by atoms with Crippen LogP contribution in [0, 0.1) is 0 Å². The maximum Gasteiger partial charge on any atom is 0.240 e. The minimum Gasteiger partial charge on any atom is -0.352 e. The zero-order chi connectivity index (χ0) is 14.7. The van der Waals surface area contributed by atoms with Crippen LogP contribution in [0.15, 0.2) is 30.5 Å². The molecule has 3 heteroatoms. The zero-order valence-corrected chi connectivity index (χ0v) is 12.8. The fraction of sp³-hybridized carbons (Fsp3) is 0.500. The average molecular weight is 284 g/mol. The van der Waals surface area contributed by atoms with Crippen LogP contribution < -0.4 is 5.32 Å². The number of aryl methyl sites for hydroxylation is 1. The van der Waals surface area contributed by atoms with Gasteiger partial charge in [0, 0.05) is 12.2 Å². The van der Waals surface area contributed by atoms with Crippen molar-refractivity contribution in [1.29, 1.82) is 0 Å². The first-order chi connectivity index (χ1) is 10.3. The summed E-state index contributed by atoms with van der Waals surface area (Å²) in [5, 5.41) is 4.42. The highest BCUT2D eigenvalue weighted by atomic mass is 16.2. The third-order valence-electron chi connectivity index (χ3n) is 4.54. The van der Waals surface area contributed by atoms with Crippen molar-refractivity contribution in [2.45, 2.75) is 58.0 Å². The molecule has 0 spiro atoms. The molecule has 1 aromatic carbocycles. The van der Waals surface area contributed by atoms with Crippen molar-refractivity contribution in [2.75, 3.05) is 0 Å². The zero-order valence-electron chi connectivity index (χ0n) is 12.8. The molecule has 0 bridgehead atoms. The van der Waals surface area contributed by atoms with Gasteiger partial charge in [-0.3, -0.25) is 4.79 Å². The highest BCUT2D eigenvalue weighted by Crippen LogP contribution is 2.21. The number of benzene rings is 1. The summed E-state index contributed by atoms with van der Waals surface area (Å²) in [4.78, 5) is 12.3. The molecule has 1 aliphatic rings. The molecule has 1 aliphatic carbocycles. The normalized spacial score (nSPS) is 16.2. The second-order valence-corrected chi connectivity index (χ2v) is 6.05. The highest BCUT2D eigenvalue weighted by molar-refractivity contribution is 5.85. The van der Waals surface area contributed by atoms with Crippen molar-refractivity contribution in [3.63, 3.8) is 0 Å². The van der Waals surface area contributed by atoms with E-state index in [1.54, 1.807) is 0 Å². The van der Waals surface area contributed by atoms with E-state index in [0.29, 0.717) is 12.6 Å². The van der Waals surface area contributed by atoms with Crippen LogP contribution in [0.25, 0.3) is 10.9 Å². The summed E-state index contributed by atoms with van der Waals surface area (Å²) in [6.07, 6.45) is 9.11. The first-order valence-corrected chi connectivity index (χ1v) is 8.14. The molecule has 1 fully saturated rings. The van der Waals surface area contributed by atoms with Gasteiger partial charge in [0.2, 0.25) is 5.91 Å². The Morgan fingerprint density at radius 3 is 2.81 bits per heavy atom. The van der Waals surface area contributed by atoms with Crippen LogP contribution in [0.5, 0.6) is 0 Å². The van der Waals surface area contributed by atoms with Gasteiger partial charge >= 0.3 is 0 Å². The van der Waals surface area contributed by atoms with Gasteiger partial charge in [-0.1, -0.05) is 44.4 Å². The fourth-order valence-corrected chi connectivity index (χ4v) is 3.43. The third-order valence-corrected chi connectivity index (χ3v) is 4.54. The maximum atomic E-state index is 12.3. The predicted molar refractivity (Wildman–Crippen MR) is 86.3 cm³/mol. The van der Waals surface area contributed by atoms with Gasteiger partial charge in [0.25, 0.3) is 0 Å². The van der Waals surface area contributed by atoms with E-state index in [-0.39, 0.29) is 5.91 Å². The van der Waals surface area contributed by atoms with E-state index in [0.717, 1.165) is 19.3 Å². The molecule has 1 saturated carbocycles. The van der Waals surface area contributed by atoms with Crippen molar-refractivity contribution >= 4 is 16.8 Å². The Labute approximate surface area is 126 Å². The van der Waals surface area contributed by atoms with Gasteiger partial charge in [0.05, 0.1) is 5.52 Å². The highest BCUT2D eigenvalue weighted by Gasteiger charge is 2.16. The van der Waals surface area contributed by atoms with E-state index in [9.17, 15) is 4.79 Å². The summed E-state index contributed by atoms with van der Waals surface area (Å²) in [6, 6.07) is 8.84. The molecule has 1 N–H and O–H groups in total. The number of nitrogens with zero attached hydrogens (tertiary/aromatic N) is 1. The number of hydrogen-bond acceptors (Lipinski definition) is 1. The largest absolute Gasteiger partial charge is 0.352 e. The van der Waals surface area contributed by atoms with Gasteiger partial charge in [-0.05, 0) is 36.3 Å². The summed E-state index contributed by atoms with van der Waals surface area (Å²) in [5.74, 6) is 0.144. The molecule has 0 radical (unpaired) electrons. The van der Waals surface area contributed by atoms with Crippen molar-refractivity contribution < 1.29 is 4.79 Å². The van der Waals surface area contributed by atoms with E-state index in [1.165, 1.54) is 35.7 Å². The Hall–Kier alpha value is -1.77. The second-order valence-electron chi connectivity index (χ2n) is 6.05. The van der Waals surface area contributed by atoms with Gasteiger partial charge in [0.15, 0.2) is 0 Å². The van der Waals surface area contributed by atoms with Crippen LogP contribution in [-0.4, -0.2) is 16.5 Å². The predicted octanol–water partition coefficient (Wildman–Crippen LogP) is 3.65. The molecule has 1 amide bonds. The third kappa shape index (κ3) is 3.12. The van der Waals surface area contributed by atoms with E-state index < -0.39 is 0 Å². The standard InChI is InChI=1S/C18H24N2O/c1-2-14-7-6-8-15-11-12-20(18(14)15)13-17(21)19-16-9-4-3-5-10-16/h6-8,11-12,16H,2-5,9-10,13H2,1H3,(H,19,21). The van der Waals surface area contributed by atoms with Crippen LogP contribution in [0.2, 0.25) is 0 Å². The number of aromatic nitrogens is 1. The monoisotopic (exact) mass is 284 g/mol. The summed E-state index contributed by atoms with van der Waals surface area (Å²) in [6.45, 7) is 2.59. The van der Waals surface area contributed by atoms with Crippen molar-refractivity contribution in [3.05, 3.63) is 36.0 Å². The Morgan fingerprint density at radius 1 is 1.24 bits per heavy atom. The Balaban J connectivity index is 1.73. The van der Waals surface area contributed by atoms with Gasteiger partial charge < -0.3 is 9.88 Å². The summed E-state index contributed by atoms with van der Waals surface area (Å²) in [5.41, 5.74) is 2.52. The molecule has 0 atom stereocenters. The van der Waals surface area contributed by atoms with E-state index in [1.807, 2.05) is 6.20 Å². The van der Waals surface area contributed by atoms with Crippen molar-refractivity contribution in [1.82, 2.24) is 9.88 Å². The van der Waals surface area contributed by atoms with Gasteiger partial charge in [-0.25, -0.2) is 0 Å². The minimum absolute atomic E-state index is 0.144. The second kappa shape index (κ2) is 6.33. The number of hydrogen-bond donors (Lipinski definition) is 1. The number of carbonyl (C=O) groups excluding carboxylic acids is 1. The average Bonchev–Trinajstić information content (AvgIpc) is 2.91. The molecule has 21 heavy (non-hydrogen) atoms. The molecule has 0 unspecified atom stereocenters. The molecule has 2 aromatic rings. The molecule has 3 nitrogen and oxygen atoms in total. The summed E-state index contributed by atoms with van der Waals surface area (Å²) < 4.78 is 2.09. The minimum atomic E-state index is 0.144. The Bertz CT molecular complexity index is 623. The number of para-hydroxylation sites is 1.